The number of nitrogens with zero attached hydrogens (tertiary/aromatic N) is 5. The zero-order valence-corrected chi connectivity index (χ0v) is 25.1. The molecule has 0 bridgehead atoms. The predicted octanol–water partition coefficient (Wildman–Crippen LogP) is 5.66. The number of carbonyl (C=O) groups excluding carboxylic acids is 1. The number of rotatable bonds is 5. The van der Waals surface area contributed by atoms with Crippen LogP contribution in [0.1, 0.15) is 45.1 Å². The van der Waals surface area contributed by atoms with Crippen LogP contribution in [0.5, 0.6) is 0 Å². The number of aliphatic imine (C=N–C) groups is 1. The Labute approximate surface area is 246 Å². The molecule has 1 amide bonds. The first-order chi connectivity index (χ1) is 19.8. The summed E-state index contributed by atoms with van der Waals surface area (Å²) in [6.45, 7) is 7.30. The van der Waals surface area contributed by atoms with E-state index in [9.17, 15) is 13.2 Å². The summed E-state index contributed by atoms with van der Waals surface area (Å²) in [6, 6.07) is 16.7. The highest BCUT2D eigenvalue weighted by Gasteiger charge is 2.30. The lowest BCUT2D eigenvalue weighted by atomic mass is 10.00. The SMILES string of the molecule is CC1CCN(C2=NC(=O)C(=Cc3cn(-c4ccccc4)nc3-c3cccc(S(=O)(=O)N4CCC(C)CC4)c3)S2)CC1. The number of likely N-dealkylation sites (tertiary alicyclic amines) is 1. The molecule has 0 aliphatic carbocycles. The van der Waals surface area contributed by atoms with Crippen molar-refractivity contribution in [3.8, 4) is 16.9 Å². The lowest BCUT2D eigenvalue weighted by Crippen LogP contribution is -2.37. The number of benzene rings is 2. The van der Waals surface area contributed by atoms with E-state index in [0.29, 0.717) is 41.1 Å². The fourth-order valence-electron chi connectivity index (χ4n) is 5.48. The largest absolute Gasteiger partial charge is 0.351 e. The highest BCUT2D eigenvalue weighted by Crippen LogP contribution is 2.35. The van der Waals surface area contributed by atoms with Gasteiger partial charge in [0.1, 0.15) is 5.69 Å². The van der Waals surface area contributed by atoms with Crippen LogP contribution in [-0.4, -0.2) is 64.7 Å². The minimum Gasteiger partial charge on any atom is -0.351 e. The van der Waals surface area contributed by atoms with Gasteiger partial charge in [0.2, 0.25) is 10.0 Å². The van der Waals surface area contributed by atoms with Gasteiger partial charge in [0.25, 0.3) is 5.91 Å². The van der Waals surface area contributed by atoms with Crippen molar-refractivity contribution in [3.05, 3.63) is 71.3 Å². The lowest BCUT2D eigenvalue weighted by molar-refractivity contribution is -0.113. The van der Waals surface area contributed by atoms with Crippen molar-refractivity contribution in [2.75, 3.05) is 26.2 Å². The molecule has 0 unspecified atom stereocenters. The van der Waals surface area contributed by atoms with Crippen LogP contribution in [0.3, 0.4) is 0 Å². The molecule has 2 saturated heterocycles. The van der Waals surface area contributed by atoms with Crippen LogP contribution in [0.25, 0.3) is 23.0 Å². The molecular weight excluding hydrogens is 555 g/mol. The molecule has 0 radical (unpaired) electrons. The summed E-state index contributed by atoms with van der Waals surface area (Å²) in [4.78, 5) is 20.4. The molecule has 0 spiro atoms. The minimum atomic E-state index is -3.63. The Balaban J connectivity index is 1.35. The minimum absolute atomic E-state index is 0.252. The van der Waals surface area contributed by atoms with Crippen molar-refractivity contribution >= 4 is 38.9 Å². The molecule has 0 saturated carbocycles. The molecule has 0 atom stereocenters. The van der Waals surface area contributed by atoms with Gasteiger partial charge in [0.05, 0.1) is 15.5 Å². The van der Waals surface area contributed by atoms with Gasteiger partial charge in [-0.2, -0.15) is 14.4 Å². The van der Waals surface area contributed by atoms with Gasteiger partial charge >= 0.3 is 0 Å². The summed E-state index contributed by atoms with van der Waals surface area (Å²) in [5.41, 5.74) is 2.89. The molecule has 0 N–H and O–H groups in total. The monoisotopic (exact) mass is 589 g/mol. The van der Waals surface area contributed by atoms with E-state index in [-0.39, 0.29) is 10.8 Å². The highest BCUT2D eigenvalue weighted by molar-refractivity contribution is 8.18. The van der Waals surface area contributed by atoms with Crippen LogP contribution in [0, 0.1) is 11.8 Å². The third-order valence-corrected chi connectivity index (χ3v) is 11.1. The van der Waals surface area contributed by atoms with Crippen molar-refractivity contribution in [2.45, 2.75) is 44.4 Å². The maximum absolute atomic E-state index is 13.5. The Kier molecular flexibility index (Phi) is 7.89. The Morgan fingerprint density at radius 1 is 0.902 bits per heavy atom. The summed E-state index contributed by atoms with van der Waals surface area (Å²) in [7, 11) is -3.63. The second-order valence-corrected chi connectivity index (χ2v) is 14.3. The first-order valence-corrected chi connectivity index (χ1v) is 16.6. The van der Waals surface area contributed by atoms with Crippen LogP contribution in [-0.2, 0) is 14.8 Å². The summed E-state index contributed by atoms with van der Waals surface area (Å²) in [6.07, 6.45) is 7.64. The van der Waals surface area contributed by atoms with Crippen LogP contribution in [0.4, 0.5) is 0 Å². The number of carbonyl (C=O) groups is 1. The molecule has 2 fully saturated rings. The first-order valence-electron chi connectivity index (χ1n) is 14.3. The second-order valence-electron chi connectivity index (χ2n) is 11.3. The van der Waals surface area contributed by atoms with Crippen LogP contribution >= 0.6 is 11.8 Å². The van der Waals surface area contributed by atoms with Crippen molar-refractivity contribution in [1.82, 2.24) is 19.0 Å². The molecule has 214 valence electrons. The van der Waals surface area contributed by atoms with Crippen molar-refractivity contribution in [1.29, 1.82) is 0 Å². The van der Waals surface area contributed by atoms with E-state index in [0.717, 1.165) is 55.2 Å². The maximum Gasteiger partial charge on any atom is 0.286 e. The number of amidine groups is 1. The fourth-order valence-corrected chi connectivity index (χ4v) is 7.95. The van der Waals surface area contributed by atoms with E-state index in [1.165, 1.54) is 11.8 Å². The van der Waals surface area contributed by atoms with Crippen molar-refractivity contribution < 1.29 is 13.2 Å². The number of hydrogen-bond donors (Lipinski definition) is 0. The standard InChI is InChI=1S/C31H35N5O3S2/c1-22-11-15-34(16-12-22)31-32-30(37)28(40-31)20-25-21-36(26-8-4-3-5-9-26)33-29(25)24-7-6-10-27(19-24)41(38,39)35-17-13-23(2)14-18-35/h3-10,19-23H,11-18H2,1-2H3. The number of hydrogen-bond acceptors (Lipinski definition) is 6. The van der Waals surface area contributed by atoms with Gasteiger partial charge in [-0.1, -0.05) is 44.2 Å². The maximum atomic E-state index is 13.5. The second kappa shape index (κ2) is 11.6. The van der Waals surface area contributed by atoms with Crippen LogP contribution in [0.15, 0.2) is 75.6 Å². The number of sulfonamides is 1. The average Bonchev–Trinajstić information content (AvgIpc) is 3.58. The van der Waals surface area contributed by atoms with E-state index in [2.05, 4.69) is 23.7 Å². The van der Waals surface area contributed by atoms with Gasteiger partial charge in [-0.15, -0.1) is 0 Å². The molecular formula is C31H35N5O3S2. The predicted molar refractivity (Wildman–Crippen MR) is 164 cm³/mol. The average molecular weight is 590 g/mol. The normalized spacial score (nSPS) is 20.6. The van der Waals surface area contributed by atoms with Gasteiger partial charge in [-0.05, 0) is 79.6 Å². The molecule has 2 aromatic carbocycles. The van der Waals surface area contributed by atoms with Gasteiger partial charge < -0.3 is 4.90 Å². The number of thioether (sulfide) groups is 1. The Morgan fingerprint density at radius 2 is 1.59 bits per heavy atom. The van der Waals surface area contributed by atoms with Crippen molar-refractivity contribution in [3.63, 3.8) is 0 Å². The highest BCUT2D eigenvalue weighted by atomic mass is 32.2. The number of piperidine rings is 2. The molecule has 1 aromatic heterocycles. The Bertz CT molecular complexity index is 1600. The third-order valence-electron chi connectivity index (χ3n) is 8.20. The van der Waals surface area contributed by atoms with E-state index in [1.54, 1.807) is 27.2 Å². The molecule has 6 rings (SSSR count). The topological polar surface area (TPSA) is 87.9 Å². The summed E-state index contributed by atoms with van der Waals surface area (Å²) in [5.74, 6) is 0.968. The first kappa shape index (κ1) is 27.9. The van der Waals surface area contributed by atoms with E-state index in [1.807, 2.05) is 48.7 Å². The summed E-state index contributed by atoms with van der Waals surface area (Å²) < 4.78 is 30.4. The molecule has 10 heteroatoms. The van der Waals surface area contributed by atoms with Gasteiger partial charge in [0.15, 0.2) is 5.17 Å². The Morgan fingerprint density at radius 3 is 2.29 bits per heavy atom. The van der Waals surface area contributed by atoms with Gasteiger partial charge in [0, 0.05) is 43.5 Å². The summed E-state index contributed by atoms with van der Waals surface area (Å²) in [5, 5.41) is 5.63. The van der Waals surface area contributed by atoms with Crippen molar-refractivity contribution in [2.24, 2.45) is 16.8 Å². The zero-order valence-electron chi connectivity index (χ0n) is 23.4. The number of para-hydroxylation sites is 1. The van der Waals surface area contributed by atoms with E-state index in [4.69, 9.17) is 5.10 Å². The van der Waals surface area contributed by atoms with E-state index < -0.39 is 10.0 Å². The van der Waals surface area contributed by atoms with E-state index >= 15 is 0 Å². The molecule has 4 heterocycles. The Hall–Kier alpha value is -3.21. The van der Waals surface area contributed by atoms with Crippen LogP contribution in [0.2, 0.25) is 0 Å². The van der Waals surface area contributed by atoms with Gasteiger partial charge in [-0.25, -0.2) is 13.1 Å². The molecule has 3 aromatic rings. The molecule has 3 aliphatic rings. The third kappa shape index (κ3) is 5.91. The number of amides is 1. The quantitative estimate of drug-likeness (QED) is 0.357. The zero-order chi connectivity index (χ0) is 28.6. The fraction of sp³-hybridized carbons (Fsp3) is 0.387. The number of aromatic nitrogens is 2. The molecule has 3 aliphatic heterocycles. The molecule has 8 nitrogen and oxygen atoms in total. The lowest BCUT2D eigenvalue weighted by Gasteiger charge is -2.30. The van der Waals surface area contributed by atoms with Crippen LogP contribution < -0.4 is 0 Å². The smallest absolute Gasteiger partial charge is 0.286 e. The summed E-state index contributed by atoms with van der Waals surface area (Å²) >= 11 is 1.40. The molecule has 41 heavy (non-hydrogen) atoms. The van der Waals surface area contributed by atoms with Gasteiger partial charge in [-0.3, -0.25) is 4.79 Å².